The molecule has 0 aliphatic rings. The molecule has 0 N–H and O–H groups in total. The molecule has 0 radical (unpaired) electrons. The van der Waals surface area contributed by atoms with Crippen LogP contribution in [0.2, 0.25) is 6.04 Å². The Morgan fingerprint density at radius 2 is 1.21 bits per heavy atom. The maximum atomic E-state index is 12.7. The van der Waals surface area contributed by atoms with E-state index >= 15 is 0 Å². The third kappa shape index (κ3) is 5.33. The molecule has 0 aromatic heterocycles. The quantitative estimate of drug-likeness (QED) is 0.403. The second kappa shape index (κ2) is 10.0. The highest BCUT2D eigenvalue weighted by atomic mass is 32.2. The minimum Gasteiger partial charge on any atom is -0.497 e. The molecule has 0 aliphatic heterocycles. The Balaban J connectivity index is 1.97. The number of hydrogen-bond acceptors (Lipinski definition) is 7. The zero-order chi connectivity index (χ0) is 20.6. The zero-order valence-corrected chi connectivity index (χ0v) is 18.3. The molecular weight excluding hydrogens is 400 g/mol. The van der Waals surface area contributed by atoms with E-state index in [0.717, 1.165) is 0 Å². The van der Waals surface area contributed by atoms with Gasteiger partial charge in [0.1, 0.15) is 11.5 Å². The van der Waals surface area contributed by atoms with Gasteiger partial charge in [0.15, 0.2) is 0 Å². The van der Waals surface area contributed by atoms with Crippen molar-refractivity contribution < 1.29 is 31.2 Å². The van der Waals surface area contributed by atoms with Crippen molar-refractivity contribution in [3.8, 4) is 11.5 Å². The molecule has 28 heavy (non-hydrogen) atoms. The van der Waals surface area contributed by atoms with E-state index < -0.39 is 18.6 Å². The summed E-state index contributed by atoms with van der Waals surface area (Å²) in [7, 11) is 0.0538. The number of methoxy groups -OCH3 is 1. The Bertz CT molecular complexity index is 823. The fourth-order valence-corrected chi connectivity index (χ4v) is 5.59. The van der Waals surface area contributed by atoms with Crippen LogP contribution < -0.4 is 9.47 Å². The van der Waals surface area contributed by atoms with Gasteiger partial charge in [-0.1, -0.05) is 0 Å². The van der Waals surface area contributed by atoms with Crippen molar-refractivity contribution >= 4 is 18.6 Å². The zero-order valence-electron chi connectivity index (χ0n) is 16.5. The van der Waals surface area contributed by atoms with Crippen LogP contribution in [0.15, 0.2) is 58.3 Å². The van der Waals surface area contributed by atoms with E-state index in [1.54, 1.807) is 45.6 Å². The van der Waals surface area contributed by atoms with E-state index in [9.17, 15) is 8.42 Å². The number of rotatable bonds is 11. The lowest BCUT2D eigenvalue weighted by molar-refractivity contribution is 0.121. The predicted molar refractivity (Wildman–Crippen MR) is 107 cm³/mol. The van der Waals surface area contributed by atoms with Gasteiger partial charge in [0.05, 0.1) is 23.5 Å². The second-order valence-electron chi connectivity index (χ2n) is 5.90. The lowest BCUT2D eigenvalue weighted by Crippen LogP contribution is -2.42. The molecule has 0 bridgehead atoms. The minimum absolute atomic E-state index is 0.203. The van der Waals surface area contributed by atoms with Crippen LogP contribution in [-0.4, -0.2) is 52.3 Å². The molecule has 0 unspecified atom stereocenters. The Hall–Kier alpha value is -1.91. The normalized spacial score (nSPS) is 12.0. The topological polar surface area (TPSA) is 80.3 Å². The summed E-state index contributed by atoms with van der Waals surface area (Å²) in [6.45, 7) is 0.440. The number of sulfone groups is 1. The van der Waals surface area contributed by atoms with Gasteiger partial charge in [-0.3, -0.25) is 0 Å². The molecule has 0 heterocycles. The van der Waals surface area contributed by atoms with Gasteiger partial charge in [-0.05, 0) is 55.0 Å². The van der Waals surface area contributed by atoms with Crippen LogP contribution in [0.1, 0.15) is 6.42 Å². The van der Waals surface area contributed by atoms with Crippen LogP contribution in [0.25, 0.3) is 0 Å². The Morgan fingerprint density at radius 1 is 0.750 bits per heavy atom. The smallest absolute Gasteiger partial charge is 0.497 e. The Labute approximate surface area is 167 Å². The molecule has 154 valence electrons. The Kier molecular flexibility index (Phi) is 8.02. The molecule has 7 nitrogen and oxygen atoms in total. The van der Waals surface area contributed by atoms with Crippen molar-refractivity contribution in [3.05, 3.63) is 48.5 Å². The molecule has 0 atom stereocenters. The summed E-state index contributed by atoms with van der Waals surface area (Å²) in [5.74, 6) is 1.19. The third-order valence-corrected chi connectivity index (χ3v) is 8.95. The lowest BCUT2D eigenvalue weighted by Gasteiger charge is -2.24. The highest BCUT2D eigenvalue weighted by Crippen LogP contribution is 2.25. The highest BCUT2D eigenvalue weighted by Gasteiger charge is 2.36. The molecule has 0 spiro atoms. The van der Waals surface area contributed by atoms with Gasteiger partial charge in [-0.2, -0.15) is 0 Å². The van der Waals surface area contributed by atoms with E-state index in [2.05, 4.69) is 0 Å². The molecule has 2 aromatic rings. The maximum absolute atomic E-state index is 12.7. The van der Waals surface area contributed by atoms with Crippen molar-refractivity contribution in [2.45, 2.75) is 22.3 Å². The lowest BCUT2D eigenvalue weighted by atomic mass is 10.3. The average molecular weight is 427 g/mol. The monoisotopic (exact) mass is 426 g/mol. The van der Waals surface area contributed by atoms with E-state index in [1.807, 2.05) is 0 Å². The number of hydrogen-bond donors (Lipinski definition) is 0. The summed E-state index contributed by atoms with van der Waals surface area (Å²) in [6.07, 6.45) is 0.688. The first-order chi connectivity index (χ1) is 13.4. The molecule has 0 aliphatic carbocycles. The molecule has 9 heteroatoms. The molecule has 2 aromatic carbocycles. The largest absolute Gasteiger partial charge is 0.500 e. The number of ether oxygens (including phenoxy) is 2. The van der Waals surface area contributed by atoms with E-state index in [-0.39, 0.29) is 9.79 Å². The van der Waals surface area contributed by atoms with Gasteiger partial charge in [0.2, 0.25) is 9.84 Å². The minimum atomic E-state index is -3.59. The van der Waals surface area contributed by atoms with E-state index in [4.69, 9.17) is 22.8 Å². The first-order valence-electron chi connectivity index (χ1n) is 8.68. The van der Waals surface area contributed by atoms with Crippen LogP contribution >= 0.6 is 0 Å². The van der Waals surface area contributed by atoms with Crippen LogP contribution in [0.4, 0.5) is 0 Å². The summed E-state index contributed by atoms with van der Waals surface area (Å²) < 4.78 is 52.2. The summed E-state index contributed by atoms with van der Waals surface area (Å²) in [6, 6.07) is 13.3. The van der Waals surface area contributed by atoms with Crippen LogP contribution in [0, 0.1) is 0 Å². The fraction of sp³-hybridized carbons (Fsp3) is 0.368. The van der Waals surface area contributed by atoms with E-state index in [0.29, 0.717) is 30.6 Å². The van der Waals surface area contributed by atoms with Crippen molar-refractivity contribution in [1.82, 2.24) is 0 Å². The van der Waals surface area contributed by atoms with Gasteiger partial charge < -0.3 is 22.8 Å². The summed E-state index contributed by atoms with van der Waals surface area (Å²) in [4.78, 5) is 0.413. The van der Waals surface area contributed by atoms with Gasteiger partial charge in [-0.25, -0.2) is 8.42 Å². The SMILES string of the molecule is COc1ccc(S(=O)(=O)c2ccc(OCCC[Si](OC)(OC)OC)cc2)cc1. The highest BCUT2D eigenvalue weighted by molar-refractivity contribution is 7.91. The molecular formula is C19H26O7SSi. The first-order valence-corrected chi connectivity index (χ1v) is 12.1. The first kappa shape index (κ1) is 22.4. The summed E-state index contributed by atoms with van der Waals surface area (Å²) in [5.41, 5.74) is 0. The van der Waals surface area contributed by atoms with Crippen LogP contribution in [0.5, 0.6) is 11.5 Å². The molecule has 0 amide bonds. The van der Waals surface area contributed by atoms with Crippen molar-refractivity contribution in [3.63, 3.8) is 0 Å². The molecule has 0 saturated carbocycles. The van der Waals surface area contributed by atoms with Gasteiger partial charge in [0.25, 0.3) is 0 Å². The van der Waals surface area contributed by atoms with Gasteiger partial charge in [-0.15, -0.1) is 0 Å². The van der Waals surface area contributed by atoms with Gasteiger partial charge >= 0.3 is 8.80 Å². The van der Waals surface area contributed by atoms with Crippen molar-refractivity contribution in [2.24, 2.45) is 0 Å². The van der Waals surface area contributed by atoms with Crippen molar-refractivity contribution in [1.29, 1.82) is 0 Å². The summed E-state index contributed by atoms with van der Waals surface area (Å²) >= 11 is 0. The molecule has 2 rings (SSSR count). The molecule has 0 fully saturated rings. The fourth-order valence-electron chi connectivity index (χ4n) is 2.64. The van der Waals surface area contributed by atoms with Gasteiger partial charge in [0, 0.05) is 27.4 Å². The van der Waals surface area contributed by atoms with Crippen molar-refractivity contribution in [2.75, 3.05) is 35.0 Å². The standard InChI is InChI=1S/C19H26O7SSi/c1-22-16-6-10-18(11-7-16)27(20,21)19-12-8-17(9-13-19)26-14-5-15-28(23-2,24-3)25-4/h6-13H,5,14-15H2,1-4H3. The Morgan fingerprint density at radius 3 is 1.64 bits per heavy atom. The number of benzene rings is 2. The summed E-state index contributed by atoms with van der Waals surface area (Å²) in [5, 5.41) is 0. The van der Waals surface area contributed by atoms with Crippen LogP contribution in [0.3, 0.4) is 0 Å². The van der Waals surface area contributed by atoms with E-state index in [1.165, 1.54) is 31.4 Å². The predicted octanol–water partition coefficient (Wildman–Crippen LogP) is 3.18. The average Bonchev–Trinajstić information content (AvgIpc) is 2.75. The van der Waals surface area contributed by atoms with Crippen LogP contribution in [-0.2, 0) is 23.1 Å². The maximum Gasteiger partial charge on any atom is 0.500 e. The second-order valence-corrected chi connectivity index (χ2v) is 10.9. The third-order valence-electron chi connectivity index (χ3n) is 4.33. The molecule has 0 saturated heterocycles.